The second kappa shape index (κ2) is 5.76. The Bertz CT molecular complexity index is 669. The van der Waals surface area contributed by atoms with E-state index in [0.29, 0.717) is 0 Å². The third-order valence-corrected chi connectivity index (χ3v) is 3.21. The van der Waals surface area contributed by atoms with Gasteiger partial charge in [0.25, 0.3) is 0 Å². The number of nitrogens with two attached hydrogens (primary N) is 1. The van der Waals surface area contributed by atoms with Gasteiger partial charge in [0.05, 0.1) is 5.56 Å². The van der Waals surface area contributed by atoms with Gasteiger partial charge < -0.3 is 11.1 Å². The number of hydrogen-bond donors (Lipinski definition) is 2. The number of carbonyl (C=O) groups is 1. The zero-order valence-electron chi connectivity index (χ0n) is 10.5. The molecule has 21 heavy (non-hydrogen) atoms. The van der Waals surface area contributed by atoms with Crippen LogP contribution in [-0.4, -0.2) is 15.7 Å². The standard InChI is InChI=1S/C12H10BrF3N4O/c13-9-2-1-7(5-8(9)12(14,15)16)18-11(21)6-20-4-3-10(17)19-20/h1-5H,6H2,(H2,17,19)(H,18,21). The van der Waals surface area contributed by atoms with Gasteiger partial charge in [-0.15, -0.1) is 0 Å². The number of nitrogens with zero attached hydrogens (tertiary/aromatic N) is 2. The van der Waals surface area contributed by atoms with Crippen LogP contribution in [0.15, 0.2) is 34.9 Å². The van der Waals surface area contributed by atoms with E-state index < -0.39 is 17.6 Å². The Morgan fingerprint density at radius 2 is 2.10 bits per heavy atom. The van der Waals surface area contributed by atoms with Crippen molar-refractivity contribution in [2.75, 3.05) is 11.1 Å². The zero-order chi connectivity index (χ0) is 15.6. The molecule has 0 spiro atoms. The molecule has 0 aliphatic rings. The molecule has 2 aromatic rings. The fourth-order valence-electron chi connectivity index (χ4n) is 1.63. The van der Waals surface area contributed by atoms with Crippen LogP contribution in [0.2, 0.25) is 0 Å². The van der Waals surface area contributed by atoms with Gasteiger partial charge >= 0.3 is 6.18 Å². The van der Waals surface area contributed by atoms with Crippen molar-refractivity contribution in [3.63, 3.8) is 0 Å². The number of alkyl halides is 3. The Hall–Kier alpha value is -2.03. The third-order valence-electron chi connectivity index (χ3n) is 2.52. The van der Waals surface area contributed by atoms with Crippen LogP contribution in [0.4, 0.5) is 24.7 Å². The maximum absolute atomic E-state index is 12.7. The number of amides is 1. The molecule has 3 N–H and O–H groups in total. The molecule has 0 saturated heterocycles. The van der Waals surface area contributed by atoms with Gasteiger partial charge in [-0.3, -0.25) is 9.48 Å². The number of anilines is 2. The predicted molar refractivity (Wildman–Crippen MR) is 74.4 cm³/mol. The first-order chi connectivity index (χ1) is 9.75. The van der Waals surface area contributed by atoms with Gasteiger partial charge in [-0.1, -0.05) is 15.9 Å². The maximum atomic E-state index is 12.7. The second-order valence-corrected chi connectivity index (χ2v) is 5.03. The molecular formula is C12H10BrF3N4O. The first kappa shape index (κ1) is 15.4. The first-order valence-corrected chi connectivity index (χ1v) is 6.50. The number of nitrogen functional groups attached to an aromatic ring is 1. The molecule has 112 valence electrons. The van der Waals surface area contributed by atoms with E-state index in [-0.39, 0.29) is 22.5 Å². The highest BCUT2D eigenvalue weighted by Crippen LogP contribution is 2.36. The molecule has 0 saturated carbocycles. The topological polar surface area (TPSA) is 72.9 Å². The largest absolute Gasteiger partial charge is 0.417 e. The Labute approximate surface area is 126 Å². The van der Waals surface area contributed by atoms with Crippen molar-refractivity contribution in [3.05, 3.63) is 40.5 Å². The Morgan fingerprint density at radius 3 is 2.67 bits per heavy atom. The summed E-state index contributed by atoms with van der Waals surface area (Å²) in [7, 11) is 0. The summed E-state index contributed by atoms with van der Waals surface area (Å²) in [6.07, 6.45) is -3.01. The van der Waals surface area contributed by atoms with Gasteiger partial charge in [0, 0.05) is 16.4 Å². The number of nitrogens with one attached hydrogen (secondary N) is 1. The molecule has 1 heterocycles. The van der Waals surface area contributed by atoms with Crippen LogP contribution in [-0.2, 0) is 17.5 Å². The number of halogens is 4. The van der Waals surface area contributed by atoms with Crippen molar-refractivity contribution >= 4 is 33.3 Å². The van der Waals surface area contributed by atoms with Crippen molar-refractivity contribution in [1.82, 2.24) is 9.78 Å². The second-order valence-electron chi connectivity index (χ2n) is 4.18. The van der Waals surface area contributed by atoms with Crippen LogP contribution in [0.1, 0.15) is 5.56 Å². The average Bonchev–Trinajstić information content (AvgIpc) is 2.75. The summed E-state index contributed by atoms with van der Waals surface area (Å²) >= 11 is 2.83. The molecular weight excluding hydrogens is 353 g/mol. The normalized spacial score (nSPS) is 11.4. The lowest BCUT2D eigenvalue weighted by Gasteiger charge is -2.12. The molecule has 2 rings (SSSR count). The van der Waals surface area contributed by atoms with Crippen molar-refractivity contribution < 1.29 is 18.0 Å². The summed E-state index contributed by atoms with van der Waals surface area (Å²) in [4.78, 5) is 11.7. The summed E-state index contributed by atoms with van der Waals surface area (Å²) in [6, 6.07) is 4.97. The summed E-state index contributed by atoms with van der Waals surface area (Å²) in [5.74, 6) is -0.251. The van der Waals surface area contributed by atoms with Gasteiger partial charge in [0.15, 0.2) is 0 Å². The van der Waals surface area contributed by atoms with E-state index in [9.17, 15) is 18.0 Å². The van der Waals surface area contributed by atoms with Crippen LogP contribution >= 0.6 is 15.9 Å². The van der Waals surface area contributed by atoms with Gasteiger partial charge in [-0.2, -0.15) is 18.3 Å². The summed E-state index contributed by atoms with van der Waals surface area (Å²) < 4.78 is 39.4. The van der Waals surface area contributed by atoms with E-state index in [4.69, 9.17) is 5.73 Å². The number of carbonyl (C=O) groups excluding carboxylic acids is 1. The molecule has 0 unspecified atom stereocenters. The monoisotopic (exact) mass is 362 g/mol. The van der Waals surface area contributed by atoms with Crippen molar-refractivity contribution in [2.45, 2.75) is 12.7 Å². The molecule has 0 fully saturated rings. The quantitative estimate of drug-likeness (QED) is 0.881. The van der Waals surface area contributed by atoms with Crippen LogP contribution in [0.3, 0.4) is 0 Å². The smallest absolute Gasteiger partial charge is 0.382 e. The molecule has 9 heteroatoms. The van der Waals surface area contributed by atoms with Crippen molar-refractivity contribution in [1.29, 1.82) is 0 Å². The van der Waals surface area contributed by atoms with E-state index in [0.717, 1.165) is 6.07 Å². The lowest BCUT2D eigenvalue weighted by molar-refractivity contribution is -0.138. The molecule has 1 amide bonds. The average molecular weight is 363 g/mol. The Kier molecular flexibility index (Phi) is 4.21. The third kappa shape index (κ3) is 3.97. The van der Waals surface area contributed by atoms with E-state index in [1.165, 1.54) is 29.1 Å². The summed E-state index contributed by atoms with van der Waals surface area (Å²) in [5.41, 5.74) is 4.59. The minimum absolute atomic E-state index is 0.0515. The molecule has 0 atom stereocenters. The molecule has 0 bridgehead atoms. The van der Waals surface area contributed by atoms with Gasteiger partial charge in [0.2, 0.25) is 5.91 Å². The lowest BCUT2D eigenvalue weighted by Crippen LogP contribution is -2.19. The van der Waals surface area contributed by atoms with Gasteiger partial charge in [0.1, 0.15) is 12.4 Å². The summed E-state index contributed by atoms with van der Waals surface area (Å²) in [6.45, 7) is -0.144. The lowest BCUT2D eigenvalue weighted by atomic mass is 10.2. The fraction of sp³-hybridized carbons (Fsp3) is 0.167. The predicted octanol–water partition coefficient (Wildman–Crippen LogP) is 2.89. The minimum Gasteiger partial charge on any atom is -0.382 e. The Balaban J connectivity index is 2.11. The number of hydrogen-bond acceptors (Lipinski definition) is 3. The van der Waals surface area contributed by atoms with E-state index in [1.54, 1.807) is 0 Å². The molecule has 0 aliphatic heterocycles. The van der Waals surface area contributed by atoms with Gasteiger partial charge in [-0.25, -0.2) is 0 Å². The molecule has 0 radical (unpaired) electrons. The van der Waals surface area contributed by atoms with Crippen molar-refractivity contribution in [2.24, 2.45) is 0 Å². The number of rotatable bonds is 3. The number of benzene rings is 1. The molecule has 5 nitrogen and oxygen atoms in total. The van der Waals surface area contributed by atoms with E-state index in [2.05, 4.69) is 26.3 Å². The maximum Gasteiger partial charge on any atom is 0.417 e. The summed E-state index contributed by atoms with van der Waals surface area (Å²) in [5, 5.41) is 6.19. The highest BCUT2D eigenvalue weighted by Gasteiger charge is 2.33. The highest BCUT2D eigenvalue weighted by atomic mass is 79.9. The van der Waals surface area contributed by atoms with Crippen LogP contribution in [0.5, 0.6) is 0 Å². The highest BCUT2D eigenvalue weighted by molar-refractivity contribution is 9.10. The first-order valence-electron chi connectivity index (χ1n) is 5.71. The fourth-order valence-corrected chi connectivity index (χ4v) is 2.10. The SMILES string of the molecule is Nc1ccn(CC(=O)Nc2ccc(Br)c(C(F)(F)F)c2)n1. The molecule has 1 aromatic carbocycles. The van der Waals surface area contributed by atoms with Gasteiger partial charge in [-0.05, 0) is 24.3 Å². The van der Waals surface area contributed by atoms with E-state index in [1.807, 2.05) is 0 Å². The Morgan fingerprint density at radius 1 is 1.38 bits per heavy atom. The van der Waals surface area contributed by atoms with Crippen LogP contribution in [0.25, 0.3) is 0 Å². The zero-order valence-corrected chi connectivity index (χ0v) is 12.1. The molecule has 1 aromatic heterocycles. The minimum atomic E-state index is -4.50. The van der Waals surface area contributed by atoms with Crippen LogP contribution in [0, 0.1) is 0 Å². The number of aromatic nitrogens is 2. The van der Waals surface area contributed by atoms with Crippen molar-refractivity contribution in [3.8, 4) is 0 Å². The van der Waals surface area contributed by atoms with Crippen LogP contribution < -0.4 is 11.1 Å². The van der Waals surface area contributed by atoms with E-state index >= 15 is 0 Å². The molecule has 0 aliphatic carbocycles.